The zero-order valence-corrected chi connectivity index (χ0v) is 19.8. The van der Waals surface area contributed by atoms with Crippen molar-refractivity contribution < 1.29 is 0 Å². The van der Waals surface area contributed by atoms with Gasteiger partial charge in [-0.15, -0.1) is 34.0 Å². The summed E-state index contributed by atoms with van der Waals surface area (Å²) in [5.74, 6) is 0. The maximum atomic E-state index is 4.88. The molecule has 0 saturated carbocycles. The Balaban J connectivity index is 1.68. The Labute approximate surface area is 187 Å². The quantitative estimate of drug-likeness (QED) is 0.247. The number of pyridine rings is 1. The zero-order valence-electron chi connectivity index (χ0n) is 17.4. The van der Waals surface area contributed by atoms with Gasteiger partial charge in [0.15, 0.2) is 0 Å². The number of fused-ring (bicyclic) bond motifs is 5. The number of nitrogens with zero attached hydrogens (tertiary/aromatic N) is 1. The molecule has 4 aromatic heterocycles. The average Bonchev–Trinajstić information content (AvgIpc) is 3.41. The van der Waals surface area contributed by atoms with E-state index in [0.29, 0.717) is 0 Å². The maximum absolute atomic E-state index is 4.88. The van der Waals surface area contributed by atoms with Crippen molar-refractivity contribution in [1.82, 2.24) is 4.98 Å². The first-order valence-corrected chi connectivity index (χ1v) is 12.7. The molecule has 6 aromatic rings. The van der Waals surface area contributed by atoms with E-state index in [1.165, 1.54) is 57.0 Å². The Morgan fingerprint density at radius 2 is 1.67 bits per heavy atom. The third kappa shape index (κ3) is 2.67. The van der Waals surface area contributed by atoms with Gasteiger partial charge in [0.05, 0.1) is 10.4 Å². The van der Waals surface area contributed by atoms with Crippen LogP contribution in [0.4, 0.5) is 0 Å². The molecule has 0 unspecified atom stereocenters. The Morgan fingerprint density at radius 1 is 0.833 bits per heavy atom. The van der Waals surface area contributed by atoms with Crippen molar-refractivity contribution in [2.75, 3.05) is 0 Å². The largest absolute Gasteiger partial charge is 0.255 e. The number of hydrogen-bond acceptors (Lipinski definition) is 4. The van der Waals surface area contributed by atoms with E-state index in [1.807, 2.05) is 40.2 Å². The van der Waals surface area contributed by atoms with E-state index < -0.39 is 0 Å². The van der Waals surface area contributed by atoms with Crippen LogP contribution in [0.15, 0.2) is 53.4 Å². The van der Waals surface area contributed by atoms with Gasteiger partial charge in [0, 0.05) is 36.6 Å². The lowest BCUT2D eigenvalue weighted by Crippen LogP contribution is -2.11. The molecule has 0 bridgehead atoms. The standard InChI is InChI=1S/C26H21NS3/c1-14-13-29-21-12-19-17-5-7-27-23(25(17)30-22(19)11-18(14)21)16-9-15-6-8-28-24(15)20(10-16)26(2,3)4/h5-13H,1-4H3. The molecule has 0 N–H and O–H groups in total. The lowest BCUT2D eigenvalue weighted by Gasteiger charge is -2.21. The van der Waals surface area contributed by atoms with Gasteiger partial charge >= 0.3 is 0 Å². The predicted octanol–water partition coefficient (Wildman–Crippen LogP) is 9.15. The molecule has 148 valence electrons. The van der Waals surface area contributed by atoms with Crippen LogP contribution in [0.5, 0.6) is 0 Å². The fraction of sp³-hybridized carbons (Fsp3) is 0.192. The number of hydrogen-bond donors (Lipinski definition) is 0. The number of benzene rings is 2. The summed E-state index contributed by atoms with van der Waals surface area (Å²) in [5, 5.41) is 9.82. The molecule has 0 fully saturated rings. The molecular formula is C26H21NS3. The second-order valence-electron chi connectivity index (χ2n) is 9.01. The normalized spacial score (nSPS) is 12.7. The van der Waals surface area contributed by atoms with E-state index in [1.54, 1.807) is 0 Å². The monoisotopic (exact) mass is 443 g/mol. The highest BCUT2D eigenvalue weighted by Gasteiger charge is 2.21. The molecule has 1 nitrogen and oxygen atoms in total. The summed E-state index contributed by atoms with van der Waals surface area (Å²) >= 11 is 5.55. The SMILES string of the molecule is Cc1csc2cc3c(cc12)sc1c(-c2cc(C(C)(C)C)c4sccc4c2)nccc13. The molecule has 0 aliphatic rings. The maximum Gasteiger partial charge on any atom is 0.0880 e. The first-order chi connectivity index (χ1) is 14.4. The van der Waals surface area contributed by atoms with Crippen molar-refractivity contribution in [1.29, 1.82) is 0 Å². The van der Waals surface area contributed by atoms with E-state index in [9.17, 15) is 0 Å². The summed E-state index contributed by atoms with van der Waals surface area (Å²) < 4.78 is 5.40. The van der Waals surface area contributed by atoms with Gasteiger partial charge in [0.25, 0.3) is 0 Å². The molecule has 0 radical (unpaired) electrons. The lowest BCUT2D eigenvalue weighted by atomic mass is 9.85. The number of thiophene rings is 3. The highest BCUT2D eigenvalue weighted by Crippen LogP contribution is 2.44. The lowest BCUT2D eigenvalue weighted by molar-refractivity contribution is 0.597. The highest BCUT2D eigenvalue weighted by atomic mass is 32.1. The minimum Gasteiger partial charge on any atom is -0.255 e. The minimum atomic E-state index is 0.0923. The van der Waals surface area contributed by atoms with Crippen LogP contribution in [0.1, 0.15) is 31.9 Å². The smallest absolute Gasteiger partial charge is 0.0880 e. The second-order valence-corrected chi connectivity index (χ2v) is 11.9. The van der Waals surface area contributed by atoms with Crippen LogP contribution in [0.25, 0.3) is 51.6 Å². The number of aryl methyl sites for hydroxylation is 1. The first kappa shape index (κ1) is 18.5. The van der Waals surface area contributed by atoms with Crippen LogP contribution in [-0.2, 0) is 5.41 Å². The summed E-state index contributed by atoms with van der Waals surface area (Å²) in [6.07, 6.45) is 1.97. The van der Waals surface area contributed by atoms with Crippen LogP contribution in [0.2, 0.25) is 0 Å². The molecule has 0 atom stereocenters. The van der Waals surface area contributed by atoms with Crippen molar-refractivity contribution in [3.8, 4) is 11.3 Å². The van der Waals surface area contributed by atoms with Gasteiger partial charge in [-0.1, -0.05) is 20.8 Å². The Hall–Kier alpha value is -2.27. The molecule has 0 amide bonds. The summed E-state index contributed by atoms with van der Waals surface area (Å²) in [6.45, 7) is 9.10. The third-order valence-corrected chi connectivity index (χ3v) is 9.11. The molecule has 0 saturated heterocycles. The van der Waals surface area contributed by atoms with Crippen LogP contribution < -0.4 is 0 Å². The van der Waals surface area contributed by atoms with Gasteiger partial charge in [0.1, 0.15) is 0 Å². The van der Waals surface area contributed by atoms with Crippen LogP contribution >= 0.6 is 34.0 Å². The van der Waals surface area contributed by atoms with Gasteiger partial charge in [-0.05, 0) is 81.4 Å². The van der Waals surface area contributed by atoms with Gasteiger partial charge in [-0.3, -0.25) is 4.98 Å². The topological polar surface area (TPSA) is 12.9 Å². The van der Waals surface area contributed by atoms with E-state index in [-0.39, 0.29) is 5.41 Å². The van der Waals surface area contributed by atoms with Crippen molar-refractivity contribution in [2.24, 2.45) is 0 Å². The number of aromatic nitrogens is 1. The molecule has 0 aliphatic heterocycles. The molecule has 4 heteroatoms. The Bertz CT molecular complexity index is 1590. The summed E-state index contributed by atoms with van der Waals surface area (Å²) in [7, 11) is 0. The van der Waals surface area contributed by atoms with E-state index >= 15 is 0 Å². The highest BCUT2D eigenvalue weighted by molar-refractivity contribution is 7.26. The van der Waals surface area contributed by atoms with Crippen molar-refractivity contribution >= 4 is 74.4 Å². The van der Waals surface area contributed by atoms with Crippen molar-refractivity contribution in [2.45, 2.75) is 33.1 Å². The van der Waals surface area contributed by atoms with Crippen LogP contribution in [0, 0.1) is 6.92 Å². The molecule has 30 heavy (non-hydrogen) atoms. The summed E-state index contributed by atoms with van der Waals surface area (Å²) in [6, 6.07) is 13.8. The van der Waals surface area contributed by atoms with Crippen molar-refractivity contribution in [3.05, 3.63) is 64.5 Å². The summed E-state index contributed by atoms with van der Waals surface area (Å²) in [5.41, 5.74) is 5.19. The minimum absolute atomic E-state index is 0.0923. The molecule has 4 heterocycles. The summed E-state index contributed by atoms with van der Waals surface area (Å²) in [4.78, 5) is 4.88. The van der Waals surface area contributed by atoms with E-state index in [0.717, 1.165) is 5.69 Å². The Kier molecular flexibility index (Phi) is 3.92. The molecular weight excluding hydrogens is 422 g/mol. The van der Waals surface area contributed by atoms with Gasteiger partial charge in [-0.2, -0.15) is 0 Å². The second kappa shape index (κ2) is 6.36. The van der Waals surface area contributed by atoms with E-state index in [2.05, 4.69) is 74.9 Å². The average molecular weight is 444 g/mol. The number of rotatable bonds is 1. The van der Waals surface area contributed by atoms with Crippen LogP contribution in [0.3, 0.4) is 0 Å². The molecule has 0 aliphatic carbocycles. The molecule has 6 rings (SSSR count). The van der Waals surface area contributed by atoms with Crippen molar-refractivity contribution in [3.63, 3.8) is 0 Å². The van der Waals surface area contributed by atoms with Gasteiger partial charge in [-0.25, -0.2) is 0 Å². The van der Waals surface area contributed by atoms with Gasteiger partial charge in [0.2, 0.25) is 0 Å². The first-order valence-electron chi connectivity index (χ1n) is 10.1. The Morgan fingerprint density at radius 3 is 2.50 bits per heavy atom. The fourth-order valence-corrected chi connectivity index (χ4v) is 7.63. The predicted molar refractivity (Wildman–Crippen MR) is 137 cm³/mol. The zero-order chi connectivity index (χ0) is 20.6. The third-order valence-electron chi connectivity index (χ3n) is 5.91. The molecule has 0 spiro atoms. The van der Waals surface area contributed by atoms with Crippen LogP contribution in [-0.4, -0.2) is 4.98 Å². The van der Waals surface area contributed by atoms with Gasteiger partial charge < -0.3 is 0 Å². The molecule has 2 aromatic carbocycles. The van der Waals surface area contributed by atoms with E-state index in [4.69, 9.17) is 4.98 Å². The fourth-order valence-electron chi connectivity index (χ4n) is 4.33.